The molecule has 2 N–H and O–H groups in total. The van der Waals surface area contributed by atoms with Crippen molar-refractivity contribution in [2.24, 2.45) is 17.6 Å². The first-order chi connectivity index (χ1) is 10.2. The van der Waals surface area contributed by atoms with Crippen LogP contribution in [0.25, 0.3) is 0 Å². The summed E-state index contributed by atoms with van der Waals surface area (Å²) in [6, 6.07) is 0. The quantitative estimate of drug-likeness (QED) is 0.830. The summed E-state index contributed by atoms with van der Waals surface area (Å²) in [5, 5.41) is 8.80. The Kier molecular flexibility index (Phi) is 6.22. The van der Waals surface area contributed by atoms with E-state index in [0.717, 1.165) is 18.3 Å². The van der Waals surface area contributed by atoms with Gasteiger partial charge in [0.15, 0.2) is 0 Å². The van der Waals surface area contributed by atoms with Crippen LogP contribution in [0.15, 0.2) is 0 Å². The molecule has 0 amide bonds. The summed E-state index contributed by atoms with van der Waals surface area (Å²) in [7, 11) is 0. The zero-order valence-corrected chi connectivity index (χ0v) is 14.0. The van der Waals surface area contributed by atoms with E-state index in [1.807, 2.05) is 0 Å². The summed E-state index contributed by atoms with van der Waals surface area (Å²) >= 11 is 0. The molecule has 0 radical (unpaired) electrons. The third kappa shape index (κ3) is 4.29. The Labute approximate surface area is 129 Å². The molecule has 0 spiro atoms. The normalized spacial score (nSPS) is 22.9. The van der Waals surface area contributed by atoms with E-state index in [1.54, 1.807) is 0 Å². The maximum Gasteiger partial charge on any atom is 0.146 e. The molecule has 0 aliphatic heterocycles. The van der Waals surface area contributed by atoms with Crippen LogP contribution in [-0.2, 0) is 13.1 Å². The minimum Gasteiger partial charge on any atom is -0.324 e. The van der Waals surface area contributed by atoms with Crippen LogP contribution in [0.2, 0.25) is 0 Å². The van der Waals surface area contributed by atoms with Gasteiger partial charge in [-0.3, -0.25) is 0 Å². The molecule has 1 aliphatic carbocycles. The molecule has 21 heavy (non-hydrogen) atoms. The lowest BCUT2D eigenvalue weighted by Gasteiger charge is -2.28. The fourth-order valence-corrected chi connectivity index (χ4v) is 3.57. The van der Waals surface area contributed by atoms with Gasteiger partial charge in [-0.15, -0.1) is 10.2 Å². The molecule has 1 fully saturated rings. The maximum atomic E-state index is 5.82. The van der Waals surface area contributed by atoms with Gasteiger partial charge in [0.2, 0.25) is 0 Å². The molecule has 120 valence electrons. The number of nitrogens with zero attached hydrogens (tertiary/aromatic N) is 3. The smallest absolute Gasteiger partial charge is 0.146 e. The number of rotatable bonds is 7. The summed E-state index contributed by atoms with van der Waals surface area (Å²) in [4.78, 5) is 0. The van der Waals surface area contributed by atoms with Crippen molar-refractivity contribution in [3.63, 3.8) is 0 Å². The summed E-state index contributed by atoms with van der Waals surface area (Å²) < 4.78 is 2.29. The highest BCUT2D eigenvalue weighted by Crippen LogP contribution is 2.37. The van der Waals surface area contributed by atoms with E-state index in [2.05, 4.69) is 35.5 Å². The highest BCUT2D eigenvalue weighted by Gasteiger charge is 2.26. The van der Waals surface area contributed by atoms with Gasteiger partial charge in [0.05, 0.1) is 6.54 Å². The summed E-state index contributed by atoms with van der Waals surface area (Å²) in [6.07, 6.45) is 9.38. The van der Waals surface area contributed by atoms with Crippen molar-refractivity contribution >= 4 is 0 Å². The molecule has 0 aromatic carbocycles. The van der Waals surface area contributed by atoms with Gasteiger partial charge < -0.3 is 10.3 Å². The van der Waals surface area contributed by atoms with E-state index in [0.29, 0.717) is 18.4 Å². The van der Waals surface area contributed by atoms with Gasteiger partial charge in [-0.05, 0) is 37.5 Å². The topological polar surface area (TPSA) is 56.7 Å². The lowest BCUT2D eigenvalue weighted by atomic mass is 9.79. The highest BCUT2D eigenvalue weighted by atomic mass is 15.3. The van der Waals surface area contributed by atoms with Gasteiger partial charge in [0.25, 0.3) is 0 Å². The number of hydrogen-bond acceptors (Lipinski definition) is 3. The predicted molar refractivity (Wildman–Crippen MR) is 87.0 cm³/mol. The van der Waals surface area contributed by atoms with Crippen molar-refractivity contribution in [3.05, 3.63) is 11.6 Å². The molecule has 4 heteroatoms. The largest absolute Gasteiger partial charge is 0.324 e. The lowest BCUT2D eigenvalue weighted by Crippen LogP contribution is -2.20. The van der Waals surface area contributed by atoms with Crippen molar-refractivity contribution in [3.8, 4) is 0 Å². The van der Waals surface area contributed by atoms with Crippen LogP contribution in [0.5, 0.6) is 0 Å². The first-order valence-corrected chi connectivity index (χ1v) is 8.77. The lowest BCUT2D eigenvalue weighted by molar-refractivity contribution is 0.292. The molecule has 1 aliphatic rings. The van der Waals surface area contributed by atoms with Gasteiger partial charge in [0.1, 0.15) is 11.6 Å². The fraction of sp³-hybridized carbons (Fsp3) is 0.882. The Balaban J connectivity index is 2.01. The average Bonchev–Trinajstić information content (AvgIpc) is 2.87. The zero-order valence-electron chi connectivity index (χ0n) is 14.0. The minimum absolute atomic E-state index is 0.492. The van der Waals surface area contributed by atoms with E-state index in [-0.39, 0.29) is 0 Å². The van der Waals surface area contributed by atoms with Gasteiger partial charge in [-0.2, -0.15) is 0 Å². The van der Waals surface area contributed by atoms with Gasteiger partial charge >= 0.3 is 0 Å². The third-order valence-electron chi connectivity index (χ3n) is 4.76. The van der Waals surface area contributed by atoms with Gasteiger partial charge in [-0.1, -0.05) is 40.0 Å². The molecule has 4 nitrogen and oxygen atoms in total. The van der Waals surface area contributed by atoms with Crippen molar-refractivity contribution in [1.82, 2.24) is 14.8 Å². The minimum atomic E-state index is 0.492. The predicted octanol–water partition coefficient (Wildman–Crippen LogP) is 3.86. The molecular weight excluding hydrogens is 260 g/mol. The first-order valence-electron chi connectivity index (χ1n) is 8.77. The van der Waals surface area contributed by atoms with E-state index in [9.17, 15) is 0 Å². The second kappa shape index (κ2) is 7.92. The van der Waals surface area contributed by atoms with E-state index in [1.165, 1.54) is 50.8 Å². The average molecular weight is 292 g/mol. The Hall–Kier alpha value is -0.900. The van der Waals surface area contributed by atoms with Gasteiger partial charge in [-0.25, -0.2) is 0 Å². The summed E-state index contributed by atoms with van der Waals surface area (Å²) in [5.74, 6) is 4.28. The second-order valence-electron chi connectivity index (χ2n) is 7.04. The number of hydrogen-bond donors (Lipinski definition) is 1. The first kappa shape index (κ1) is 16.5. The highest BCUT2D eigenvalue weighted by molar-refractivity contribution is 5.04. The molecule has 1 aromatic rings. The number of nitrogens with two attached hydrogens (primary N) is 1. The van der Waals surface area contributed by atoms with Crippen LogP contribution in [0.4, 0.5) is 0 Å². The van der Waals surface area contributed by atoms with E-state index >= 15 is 0 Å². The zero-order chi connectivity index (χ0) is 15.2. The van der Waals surface area contributed by atoms with E-state index in [4.69, 9.17) is 5.73 Å². The Morgan fingerprint density at radius 3 is 2.48 bits per heavy atom. The molecule has 1 saturated carbocycles. The molecule has 2 rings (SSSR count). The monoisotopic (exact) mass is 292 g/mol. The Bertz CT molecular complexity index is 416. The maximum absolute atomic E-state index is 5.82. The second-order valence-corrected chi connectivity index (χ2v) is 7.04. The SMILES string of the molecule is CCCCC1CCC(c2nnc(CN)n2CC(C)C)CC1. The van der Waals surface area contributed by atoms with Crippen molar-refractivity contribution in [1.29, 1.82) is 0 Å². The molecular formula is C17H32N4. The van der Waals surface area contributed by atoms with Crippen molar-refractivity contribution in [2.45, 2.75) is 84.7 Å². The number of aromatic nitrogens is 3. The van der Waals surface area contributed by atoms with Crippen LogP contribution in [0.3, 0.4) is 0 Å². The van der Waals surface area contributed by atoms with Crippen LogP contribution in [0, 0.1) is 11.8 Å². The number of unbranched alkanes of at least 4 members (excludes halogenated alkanes) is 1. The standard InChI is InChI=1S/C17H32N4/c1-4-5-6-14-7-9-15(10-8-14)17-20-19-16(11-18)21(17)12-13(2)3/h13-15H,4-12,18H2,1-3H3. The van der Waals surface area contributed by atoms with E-state index < -0.39 is 0 Å². The van der Waals surface area contributed by atoms with Crippen LogP contribution >= 0.6 is 0 Å². The van der Waals surface area contributed by atoms with Crippen LogP contribution in [-0.4, -0.2) is 14.8 Å². The van der Waals surface area contributed by atoms with Crippen molar-refractivity contribution < 1.29 is 0 Å². The molecule has 0 unspecified atom stereocenters. The fourth-order valence-electron chi connectivity index (χ4n) is 3.57. The third-order valence-corrected chi connectivity index (χ3v) is 4.76. The van der Waals surface area contributed by atoms with Crippen LogP contribution < -0.4 is 5.73 Å². The Morgan fingerprint density at radius 2 is 1.90 bits per heavy atom. The molecule has 1 aromatic heterocycles. The molecule has 0 bridgehead atoms. The molecule has 1 heterocycles. The molecule has 0 saturated heterocycles. The Morgan fingerprint density at radius 1 is 1.19 bits per heavy atom. The summed E-state index contributed by atoms with van der Waals surface area (Å²) in [5.41, 5.74) is 5.82. The van der Waals surface area contributed by atoms with Gasteiger partial charge in [0, 0.05) is 12.5 Å². The molecule has 0 atom stereocenters. The van der Waals surface area contributed by atoms with Crippen molar-refractivity contribution in [2.75, 3.05) is 0 Å². The summed E-state index contributed by atoms with van der Waals surface area (Å²) in [6.45, 7) is 8.25. The van der Waals surface area contributed by atoms with Crippen LogP contribution in [0.1, 0.15) is 83.3 Å².